The Bertz CT molecular complexity index is 898. The van der Waals surface area contributed by atoms with Crippen LogP contribution in [0.25, 0.3) is 0 Å². The molecule has 0 N–H and O–H groups in total. The van der Waals surface area contributed by atoms with Gasteiger partial charge in [0.05, 0.1) is 8.95 Å². The molecule has 0 unspecified atom stereocenters. The van der Waals surface area contributed by atoms with E-state index in [1.165, 1.54) is 6.92 Å². The average Bonchev–Trinajstić information content (AvgIpc) is 2.66. The summed E-state index contributed by atoms with van der Waals surface area (Å²) in [5, 5.41) is 0. The van der Waals surface area contributed by atoms with Crippen LogP contribution in [0, 0.1) is 0 Å². The third-order valence-electron chi connectivity index (χ3n) is 4.15. The van der Waals surface area contributed by atoms with Gasteiger partial charge in [0.2, 0.25) is 12.4 Å². The lowest BCUT2D eigenvalue weighted by Gasteiger charge is -2.44. The molecule has 1 saturated heterocycles. The van der Waals surface area contributed by atoms with Gasteiger partial charge in [-0.15, -0.1) is 0 Å². The van der Waals surface area contributed by atoms with Crippen LogP contribution in [0.4, 0.5) is 0 Å². The van der Waals surface area contributed by atoms with E-state index in [1.54, 1.807) is 12.1 Å². The van der Waals surface area contributed by atoms with Gasteiger partial charge in [0, 0.05) is 32.2 Å². The van der Waals surface area contributed by atoms with E-state index in [0.29, 0.717) is 14.7 Å². The smallest absolute Gasteiger partial charge is 0.303 e. The van der Waals surface area contributed by atoms with E-state index >= 15 is 0 Å². The molecule has 0 bridgehead atoms. The van der Waals surface area contributed by atoms with Gasteiger partial charge in [-0.2, -0.15) is 0 Å². The van der Waals surface area contributed by atoms with Crippen molar-refractivity contribution in [2.24, 2.45) is 0 Å². The van der Waals surface area contributed by atoms with Crippen LogP contribution in [0.15, 0.2) is 25.6 Å². The van der Waals surface area contributed by atoms with Crippen molar-refractivity contribution in [3.05, 3.63) is 25.6 Å². The molecule has 0 amide bonds. The standard InChI is InChI=1S/C20H21Br3O10/c1-8(24)28-7-15-17(29-9(2)25)18(30-10(3)26)19(31-11(4)27)20(32-15)33-16-13(22)5-12(21)6-14(16)23/h5-6,15,17-20H,7H2,1-4H3/t15-,17-,18-,19-,20-/m0/s1. The lowest BCUT2D eigenvalue weighted by Crippen LogP contribution is -2.63. The van der Waals surface area contributed by atoms with E-state index in [4.69, 9.17) is 28.4 Å². The SMILES string of the molecule is CC(=O)OC[C@@H]1O[C@@H](Oc2c(Br)cc(Br)cc2Br)[C@@H](OC(C)=O)[C@@H](OC(C)=O)[C@H]1OC(C)=O. The van der Waals surface area contributed by atoms with Crippen molar-refractivity contribution in [1.29, 1.82) is 0 Å². The first-order valence-electron chi connectivity index (χ1n) is 9.50. The van der Waals surface area contributed by atoms with Gasteiger partial charge in [-0.3, -0.25) is 19.2 Å². The minimum absolute atomic E-state index is 0.291. The van der Waals surface area contributed by atoms with Gasteiger partial charge in [-0.1, -0.05) is 15.9 Å². The second-order valence-electron chi connectivity index (χ2n) is 6.88. The molecule has 2 rings (SSSR count). The fourth-order valence-electron chi connectivity index (χ4n) is 3.04. The highest BCUT2D eigenvalue weighted by atomic mass is 79.9. The summed E-state index contributed by atoms with van der Waals surface area (Å²) >= 11 is 10.1. The summed E-state index contributed by atoms with van der Waals surface area (Å²) < 4.78 is 34.8. The normalized spacial score (nSPS) is 24.4. The number of halogens is 3. The molecule has 5 atom stereocenters. The highest BCUT2D eigenvalue weighted by molar-refractivity contribution is 9.11. The van der Waals surface area contributed by atoms with Crippen molar-refractivity contribution >= 4 is 71.7 Å². The Morgan fingerprint density at radius 3 is 1.76 bits per heavy atom. The molecule has 13 heteroatoms. The van der Waals surface area contributed by atoms with Gasteiger partial charge < -0.3 is 28.4 Å². The number of hydrogen-bond donors (Lipinski definition) is 0. The Hall–Kier alpha value is -1.70. The Balaban J connectivity index is 2.52. The predicted molar refractivity (Wildman–Crippen MR) is 122 cm³/mol. The van der Waals surface area contributed by atoms with Gasteiger partial charge in [0.25, 0.3) is 0 Å². The van der Waals surface area contributed by atoms with Gasteiger partial charge >= 0.3 is 23.9 Å². The molecular weight excluding hydrogens is 640 g/mol. The third kappa shape index (κ3) is 7.94. The third-order valence-corrected chi connectivity index (χ3v) is 5.78. The lowest BCUT2D eigenvalue weighted by molar-refractivity contribution is -0.288. The highest BCUT2D eigenvalue weighted by Crippen LogP contribution is 2.39. The molecule has 0 aromatic heterocycles. The highest BCUT2D eigenvalue weighted by Gasteiger charge is 2.53. The van der Waals surface area contributed by atoms with Crippen LogP contribution in [0.5, 0.6) is 5.75 Å². The van der Waals surface area contributed by atoms with Crippen LogP contribution in [-0.2, 0) is 42.9 Å². The Labute approximate surface area is 214 Å². The van der Waals surface area contributed by atoms with Crippen molar-refractivity contribution in [2.75, 3.05) is 6.61 Å². The fourth-order valence-corrected chi connectivity index (χ4v) is 5.49. The zero-order valence-electron chi connectivity index (χ0n) is 18.0. The van der Waals surface area contributed by atoms with E-state index in [1.807, 2.05) is 0 Å². The maximum absolute atomic E-state index is 11.9. The number of carbonyl (C=O) groups is 4. The molecule has 33 heavy (non-hydrogen) atoms. The van der Waals surface area contributed by atoms with E-state index in [9.17, 15) is 19.2 Å². The van der Waals surface area contributed by atoms with Crippen molar-refractivity contribution < 1.29 is 47.6 Å². The summed E-state index contributed by atoms with van der Waals surface area (Å²) in [6.07, 6.45) is -6.34. The maximum atomic E-state index is 11.9. The summed E-state index contributed by atoms with van der Waals surface area (Å²) in [7, 11) is 0. The van der Waals surface area contributed by atoms with Crippen LogP contribution in [-0.4, -0.2) is 61.2 Å². The van der Waals surface area contributed by atoms with Crippen LogP contribution >= 0.6 is 47.8 Å². The first-order chi connectivity index (χ1) is 15.4. The summed E-state index contributed by atoms with van der Waals surface area (Å²) in [4.78, 5) is 46.9. The first-order valence-corrected chi connectivity index (χ1v) is 11.9. The minimum atomic E-state index is -1.33. The van der Waals surface area contributed by atoms with Gasteiger partial charge in [-0.25, -0.2) is 0 Å². The van der Waals surface area contributed by atoms with Crippen molar-refractivity contribution in [3.8, 4) is 5.75 Å². The Kier molecular flexibility index (Phi) is 10.1. The van der Waals surface area contributed by atoms with Gasteiger partial charge in [-0.05, 0) is 44.0 Å². The van der Waals surface area contributed by atoms with E-state index < -0.39 is 54.6 Å². The van der Waals surface area contributed by atoms with Crippen molar-refractivity contribution in [1.82, 2.24) is 0 Å². The molecule has 1 aromatic rings. The molecule has 1 fully saturated rings. The van der Waals surface area contributed by atoms with Gasteiger partial charge in [0.15, 0.2) is 18.0 Å². The second kappa shape index (κ2) is 12.1. The monoisotopic (exact) mass is 658 g/mol. The molecule has 0 radical (unpaired) electrons. The minimum Gasteiger partial charge on any atom is -0.463 e. The van der Waals surface area contributed by atoms with Crippen LogP contribution < -0.4 is 4.74 Å². The Morgan fingerprint density at radius 1 is 0.788 bits per heavy atom. The Morgan fingerprint density at radius 2 is 1.27 bits per heavy atom. The number of esters is 4. The van der Waals surface area contributed by atoms with Crippen molar-refractivity contribution in [2.45, 2.75) is 58.4 Å². The number of carbonyl (C=O) groups excluding carboxylic acids is 4. The van der Waals surface area contributed by atoms with E-state index in [0.717, 1.165) is 25.2 Å². The van der Waals surface area contributed by atoms with Crippen LogP contribution in [0.1, 0.15) is 27.7 Å². The molecule has 1 aliphatic heterocycles. The molecule has 1 heterocycles. The van der Waals surface area contributed by atoms with Crippen molar-refractivity contribution in [3.63, 3.8) is 0 Å². The van der Waals surface area contributed by atoms with Gasteiger partial charge in [0.1, 0.15) is 12.7 Å². The quantitative estimate of drug-likeness (QED) is 0.317. The molecule has 0 spiro atoms. The number of ether oxygens (including phenoxy) is 6. The molecule has 1 aliphatic rings. The zero-order chi connectivity index (χ0) is 24.9. The zero-order valence-corrected chi connectivity index (χ0v) is 22.7. The van der Waals surface area contributed by atoms with Crippen LogP contribution in [0.3, 0.4) is 0 Å². The topological polar surface area (TPSA) is 124 Å². The number of hydrogen-bond acceptors (Lipinski definition) is 10. The second-order valence-corrected chi connectivity index (χ2v) is 9.51. The predicted octanol–water partition coefficient (Wildman–Crippen LogP) is 3.44. The summed E-state index contributed by atoms with van der Waals surface area (Å²) in [5.41, 5.74) is 0. The molecule has 0 aliphatic carbocycles. The summed E-state index contributed by atoms with van der Waals surface area (Å²) in [6.45, 7) is 4.29. The fraction of sp³-hybridized carbons (Fsp3) is 0.500. The maximum Gasteiger partial charge on any atom is 0.303 e. The molecule has 1 aromatic carbocycles. The summed E-state index contributed by atoms with van der Waals surface area (Å²) in [6, 6.07) is 3.43. The molecule has 0 saturated carbocycles. The first kappa shape index (κ1) is 27.5. The largest absolute Gasteiger partial charge is 0.463 e. The molecular formula is C20H21Br3O10. The van der Waals surface area contributed by atoms with E-state index in [2.05, 4.69) is 47.8 Å². The number of benzene rings is 1. The van der Waals surface area contributed by atoms with Crippen LogP contribution in [0.2, 0.25) is 0 Å². The lowest BCUT2D eigenvalue weighted by atomic mass is 9.98. The summed E-state index contributed by atoms with van der Waals surface area (Å²) in [5.74, 6) is -2.48. The average molecular weight is 661 g/mol. The molecule has 182 valence electrons. The number of rotatable bonds is 7. The van der Waals surface area contributed by atoms with E-state index in [-0.39, 0.29) is 6.61 Å². The molecule has 10 nitrogen and oxygen atoms in total.